The molecule has 0 heterocycles. The van der Waals surface area contributed by atoms with Gasteiger partial charge in [-0.3, -0.25) is 4.79 Å². The number of halogens is 3. The summed E-state index contributed by atoms with van der Waals surface area (Å²) in [5.74, 6) is -1.62. The molecule has 0 aliphatic carbocycles. The highest BCUT2D eigenvalue weighted by molar-refractivity contribution is 5.74. The molecule has 5 nitrogen and oxygen atoms in total. The first kappa shape index (κ1) is 16.6. The largest absolute Gasteiger partial charge is 0.573 e. The van der Waals surface area contributed by atoms with E-state index in [2.05, 4.69) is 4.74 Å². The van der Waals surface area contributed by atoms with Crippen molar-refractivity contribution in [3.05, 3.63) is 23.3 Å². The molecular formula is C13H12F3NO4. The molecule has 21 heavy (non-hydrogen) atoms. The van der Waals surface area contributed by atoms with Crippen molar-refractivity contribution in [1.29, 1.82) is 5.26 Å². The number of ether oxygens (including phenoxy) is 3. The van der Waals surface area contributed by atoms with Crippen LogP contribution in [0.15, 0.2) is 12.1 Å². The van der Waals surface area contributed by atoms with Gasteiger partial charge in [-0.25, -0.2) is 0 Å². The van der Waals surface area contributed by atoms with Gasteiger partial charge in [0.2, 0.25) is 0 Å². The molecule has 1 aromatic carbocycles. The van der Waals surface area contributed by atoms with Gasteiger partial charge < -0.3 is 14.2 Å². The van der Waals surface area contributed by atoms with Crippen LogP contribution in [0.1, 0.15) is 18.1 Å². The van der Waals surface area contributed by atoms with Crippen molar-refractivity contribution < 1.29 is 32.2 Å². The number of rotatable bonds is 5. The average Bonchev–Trinajstić information content (AvgIpc) is 2.38. The van der Waals surface area contributed by atoms with Crippen molar-refractivity contribution in [2.24, 2.45) is 0 Å². The van der Waals surface area contributed by atoms with Gasteiger partial charge in [0.15, 0.2) is 11.5 Å². The molecule has 0 spiro atoms. The first-order valence-electron chi connectivity index (χ1n) is 5.83. The molecule has 0 atom stereocenters. The van der Waals surface area contributed by atoms with Crippen LogP contribution >= 0.6 is 0 Å². The molecule has 0 bridgehead atoms. The summed E-state index contributed by atoms with van der Waals surface area (Å²) < 4.78 is 50.1. The Balaban J connectivity index is 3.20. The van der Waals surface area contributed by atoms with Gasteiger partial charge in [-0.15, -0.1) is 13.2 Å². The summed E-state index contributed by atoms with van der Waals surface area (Å²) in [5, 5.41) is 9.08. The van der Waals surface area contributed by atoms with Gasteiger partial charge in [-0.05, 0) is 18.6 Å². The molecular weight excluding hydrogens is 291 g/mol. The normalized spacial score (nSPS) is 10.7. The predicted molar refractivity (Wildman–Crippen MR) is 64.7 cm³/mol. The molecule has 0 N–H and O–H groups in total. The van der Waals surface area contributed by atoms with Crippen molar-refractivity contribution in [3.8, 4) is 17.6 Å². The molecule has 0 fully saturated rings. The van der Waals surface area contributed by atoms with E-state index in [1.807, 2.05) is 0 Å². The van der Waals surface area contributed by atoms with Gasteiger partial charge in [0, 0.05) is 0 Å². The molecule has 0 aliphatic rings. The lowest BCUT2D eigenvalue weighted by Gasteiger charge is -2.15. The van der Waals surface area contributed by atoms with E-state index in [-0.39, 0.29) is 29.9 Å². The molecule has 1 aromatic rings. The molecule has 0 radical (unpaired) electrons. The van der Waals surface area contributed by atoms with Gasteiger partial charge >= 0.3 is 12.3 Å². The SMILES string of the molecule is CCOC(=O)Cc1ccc(OC(F)(F)F)c(OC)c1C#N. The van der Waals surface area contributed by atoms with Crippen molar-refractivity contribution in [1.82, 2.24) is 0 Å². The van der Waals surface area contributed by atoms with Crippen molar-refractivity contribution >= 4 is 5.97 Å². The fourth-order valence-electron chi connectivity index (χ4n) is 1.65. The predicted octanol–water partition coefficient (Wildman–Crippen LogP) is 2.57. The van der Waals surface area contributed by atoms with Crippen LogP contribution in [-0.2, 0) is 16.0 Å². The standard InChI is InChI=1S/C13H12F3NO4/c1-3-20-11(18)6-8-4-5-10(21-13(14,15)16)12(19-2)9(8)7-17/h4-5H,3,6H2,1-2H3. The molecule has 0 saturated heterocycles. The van der Waals surface area contributed by atoms with Gasteiger partial charge in [-0.2, -0.15) is 5.26 Å². The summed E-state index contributed by atoms with van der Waals surface area (Å²) in [6.45, 7) is 1.77. The molecule has 8 heteroatoms. The molecule has 0 saturated carbocycles. The highest BCUT2D eigenvalue weighted by Crippen LogP contribution is 2.36. The van der Waals surface area contributed by atoms with E-state index in [0.29, 0.717) is 0 Å². The van der Waals surface area contributed by atoms with Crippen LogP contribution in [0.3, 0.4) is 0 Å². The summed E-state index contributed by atoms with van der Waals surface area (Å²) in [5.41, 5.74) is -0.00497. The molecule has 1 rings (SSSR count). The number of carbonyl (C=O) groups excluding carboxylic acids is 1. The van der Waals surface area contributed by atoms with Crippen LogP contribution in [0.4, 0.5) is 13.2 Å². The Morgan fingerprint density at radius 3 is 2.52 bits per heavy atom. The Hall–Kier alpha value is -2.43. The van der Waals surface area contributed by atoms with Crippen molar-refractivity contribution in [3.63, 3.8) is 0 Å². The number of nitrogens with zero attached hydrogens (tertiary/aromatic N) is 1. The first-order valence-corrected chi connectivity index (χ1v) is 5.83. The van der Waals surface area contributed by atoms with Gasteiger partial charge in [0.1, 0.15) is 11.6 Å². The minimum absolute atomic E-state index is 0.160. The summed E-state index contributed by atoms with van der Waals surface area (Å²) >= 11 is 0. The summed E-state index contributed by atoms with van der Waals surface area (Å²) in [4.78, 5) is 11.4. The van der Waals surface area contributed by atoms with Gasteiger partial charge in [0.05, 0.1) is 20.1 Å². The zero-order chi connectivity index (χ0) is 16.0. The second-order valence-corrected chi connectivity index (χ2v) is 3.77. The van der Waals surface area contributed by atoms with Crippen LogP contribution in [0.25, 0.3) is 0 Å². The van der Waals surface area contributed by atoms with E-state index >= 15 is 0 Å². The number of carbonyl (C=O) groups is 1. The molecule has 114 valence electrons. The zero-order valence-corrected chi connectivity index (χ0v) is 11.3. The lowest BCUT2D eigenvalue weighted by Crippen LogP contribution is -2.18. The number of methoxy groups -OCH3 is 1. The lowest BCUT2D eigenvalue weighted by molar-refractivity contribution is -0.275. The fourth-order valence-corrected chi connectivity index (χ4v) is 1.65. The number of nitriles is 1. The van der Waals surface area contributed by atoms with E-state index in [1.54, 1.807) is 13.0 Å². The Bertz CT molecular complexity index is 564. The van der Waals surface area contributed by atoms with E-state index in [1.165, 1.54) is 6.07 Å². The second kappa shape index (κ2) is 6.83. The first-order chi connectivity index (χ1) is 9.82. The third-order valence-corrected chi connectivity index (χ3v) is 2.39. The maximum Gasteiger partial charge on any atom is 0.573 e. The monoisotopic (exact) mass is 303 g/mol. The number of hydrogen-bond acceptors (Lipinski definition) is 5. The molecule has 0 amide bonds. The molecule has 0 aliphatic heterocycles. The maximum absolute atomic E-state index is 12.3. The number of hydrogen-bond donors (Lipinski definition) is 0. The van der Waals surface area contributed by atoms with E-state index in [4.69, 9.17) is 14.7 Å². The third-order valence-electron chi connectivity index (χ3n) is 2.39. The second-order valence-electron chi connectivity index (χ2n) is 3.77. The maximum atomic E-state index is 12.3. The Labute approximate surface area is 118 Å². The van der Waals surface area contributed by atoms with E-state index in [0.717, 1.165) is 13.2 Å². The fraction of sp³-hybridized carbons (Fsp3) is 0.385. The van der Waals surface area contributed by atoms with Gasteiger partial charge in [-0.1, -0.05) is 6.07 Å². The minimum Gasteiger partial charge on any atom is -0.492 e. The quantitative estimate of drug-likeness (QED) is 0.782. The minimum atomic E-state index is -4.91. The number of esters is 1. The number of alkyl halides is 3. The van der Waals surface area contributed by atoms with E-state index in [9.17, 15) is 18.0 Å². The summed E-state index contributed by atoms with van der Waals surface area (Å²) in [6, 6.07) is 3.89. The Kier molecular flexibility index (Phi) is 5.41. The molecule has 0 aromatic heterocycles. The zero-order valence-electron chi connectivity index (χ0n) is 11.3. The van der Waals surface area contributed by atoms with Gasteiger partial charge in [0.25, 0.3) is 0 Å². The van der Waals surface area contributed by atoms with Crippen molar-refractivity contribution in [2.75, 3.05) is 13.7 Å². The van der Waals surface area contributed by atoms with Crippen molar-refractivity contribution in [2.45, 2.75) is 19.7 Å². The van der Waals surface area contributed by atoms with Crippen LogP contribution in [0, 0.1) is 11.3 Å². The molecule has 0 unspecified atom stereocenters. The topological polar surface area (TPSA) is 68.6 Å². The highest BCUT2D eigenvalue weighted by Gasteiger charge is 2.33. The third kappa shape index (κ3) is 4.56. The van der Waals surface area contributed by atoms with Crippen LogP contribution < -0.4 is 9.47 Å². The Morgan fingerprint density at radius 2 is 2.05 bits per heavy atom. The summed E-state index contributed by atoms with van der Waals surface area (Å²) in [7, 11) is 1.10. The summed E-state index contributed by atoms with van der Waals surface area (Å²) in [6.07, 6.45) is -5.16. The average molecular weight is 303 g/mol. The smallest absolute Gasteiger partial charge is 0.492 e. The number of benzene rings is 1. The van der Waals surface area contributed by atoms with Crippen LogP contribution in [-0.4, -0.2) is 26.0 Å². The lowest BCUT2D eigenvalue weighted by atomic mass is 10.0. The Morgan fingerprint density at radius 1 is 1.38 bits per heavy atom. The van der Waals surface area contributed by atoms with Crippen LogP contribution in [0.2, 0.25) is 0 Å². The van der Waals surface area contributed by atoms with Crippen LogP contribution in [0.5, 0.6) is 11.5 Å². The highest BCUT2D eigenvalue weighted by atomic mass is 19.4. The van der Waals surface area contributed by atoms with E-state index < -0.39 is 18.1 Å².